The van der Waals surface area contributed by atoms with Crippen molar-refractivity contribution in [3.63, 3.8) is 0 Å². The molecular formula is C24H19F2N3O5. The van der Waals surface area contributed by atoms with Crippen LogP contribution >= 0.6 is 0 Å². The first-order chi connectivity index (χ1) is 16.3. The largest absolute Gasteiger partial charge is 0.477 e. The van der Waals surface area contributed by atoms with E-state index in [2.05, 4.69) is 10.3 Å². The van der Waals surface area contributed by atoms with Crippen LogP contribution in [0.3, 0.4) is 0 Å². The highest BCUT2D eigenvalue weighted by Gasteiger charge is 2.39. The lowest BCUT2D eigenvalue weighted by Gasteiger charge is -2.16. The third-order valence-electron chi connectivity index (χ3n) is 5.39. The minimum absolute atomic E-state index is 0.0342. The molecule has 3 aromatic rings. The predicted molar refractivity (Wildman–Crippen MR) is 118 cm³/mol. The molecule has 1 heterocycles. The Labute approximate surface area is 192 Å². The zero-order chi connectivity index (χ0) is 24.3. The minimum atomic E-state index is -4.15. The van der Waals surface area contributed by atoms with Crippen LogP contribution in [0.15, 0.2) is 66.9 Å². The number of fused-ring (bicyclic) bond motifs is 3. The van der Waals surface area contributed by atoms with Crippen LogP contribution in [0.4, 0.5) is 19.3 Å². The molecule has 1 aromatic heterocycles. The Morgan fingerprint density at radius 2 is 1.59 bits per heavy atom. The summed E-state index contributed by atoms with van der Waals surface area (Å²) in [6.07, 6.45) is 0.368. The van der Waals surface area contributed by atoms with Crippen LogP contribution in [0, 0.1) is 0 Å². The number of carbonyl (C=O) groups is 3. The van der Waals surface area contributed by atoms with Crippen LogP contribution in [0.25, 0.3) is 11.1 Å². The lowest BCUT2D eigenvalue weighted by atomic mass is 9.98. The summed E-state index contributed by atoms with van der Waals surface area (Å²) in [5.74, 6) is -7.76. The number of amides is 2. The van der Waals surface area contributed by atoms with Crippen molar-refractivity contribution in [2.75, 3.05) is 18.5 Å². The molecule has 34 heavy (non-hydrogen) atoms. The molecule has 0 saturated heterocycles. The number of ether oxygens (including phenoxy) is 1. The van der Waals surface area contributed by atoms with Gasteiger partial charge in [-0.1, -0.05) is 48.5 Å². The quantitative estimate of drug-likeness (QED) is 0.485. The first kappa shape index (κ1) is 22.8. The highest BCUT2D eigenvalue weighted by Crippen LogP contribution is 2.44. The number of carbonyl (C=O) groups excluding carboxylic acids is 2. The van der Waals surface area contributed by atoms with Crippen molar-refractivity contribution in [2.45, 2.75) is 11.8 Å². The maximum atomic E-state index is 13.3. The van der Waals surface area contributed by atoms with Crippen molar-refractivity contribution in [1.82, 2.24) is 10.3 Å². The van der Waals surface area contributed by atoms with Crippen LogP contribution in [0.1, 0.15) is 27.5 Å². The molecule has 0 bridgehead atoms. The third-order valence-corrected chi connectivity index (χ3v) is 5.39. The Morgan fingerprint density at radius 1 is 0.971 bits per heavy atom. The van der Waals surface area contributed by atoms with E-state index in [1.807, 2.05) is 53.8 Å². The van der Waals surface area contributed by atoms with Gasteiger partial charge in [-0.3, -0.25) is 10.1 Å². The zero-order valence-corrected chi connectivity index (χ0v) is 17.6. The number of halogens is 2. The number of hydrogen-bond acceptors (Lipinski definition) is 5. The van der Waals surface area contributed by atoms with E-state index < -0.39 is 30.4 Å². The molecule has 0 radical (unpaired) electrons. The van der Waals surface area contributed by atoms with Crippen molar-refractivity contribution in [1.29, 1.82) is 0 Å². The van der Waals surface area contributed by atoms with E-state index >= 15 is 0 Å². The van der Waals surface area contributed by atoms with E-state index in [1.165, 1.54) is 18.3 Å². The first-order valence-electron chi connectivity index (χ1n) is 10.2. The highest BCUT2D eigenvalue weighted by molar-refractivity contribution is 6.01. The van der Waals surface area contributed by atoms with E-state index in [-0.39, 0.29) is 23.9 Å². The number of carboxylic acid groups (broad SMARTS) is 1. The summed E-state index contributed by atoms with van der Waals surface area (Å²) < 4.78 is 32.0. The Balaban J connectivity index is 1.43. The second-order valence-electron chi connectivity index (χ2n) is 7.54. The molecule has 1 aliphatic carbocycles. The summed E-state index contributed by atoms with van der Waals surface area (Å²) in [5, 5.41) is 12.7. The van der Waals surface area contributed by atoms with Gasteiger partial charge in [0.15, 0.2) is 5.69 Å². The molecule has 0 fully saturated rings. The summed E-state index contributed by atoms with van der Waals surface area (Å²) in [4.78, 5) is 39.1. The van der Waals surface area contributed by atoms with Gasteiger partial charge in [0, 0.05) is 12.1 Å². The minimum Gasteiger partial charge on any atom is -0.477 e. The molecule has 0 aliphatic heterocycles. The number of hydrogen-bond donors (Lipinski definition) is 3. The molecule has 2 amide bonds. The lowest BCUT2D eigenvalue weighted by Crippen LogP contribution is -2.42. The summed E-state index contributed by atoms with van der Waals surface area (Å²) >= 11 is 0. The molecule has 10 heteroatoms. The monoisotopic (exact) mass is 467 g/mol. The molecule has 2 aromatic carbocycles. The van der Waals surface area contributed by atoms with Crippen molar-refractivity contribution < 1.29 is 33.0 Å². The number of alkyl halides is 2. The molecule has 0 unspecified atom stereocenters. The van der Waals surface area contributed by atoms with Crippen LogP contribution in [0.2, 0.25) is 0 Å². The van der Waals surface area contributed by atoms with E-state index in [0.29, 0.717) is 0 Å². The first-order valence-corrected chi connectivity index (χ1v) is 10.2. The molecule has 0 atom stereocenters. The van der Waals surface area contributed by atoms with Crippen LogP contribution < -0.4 is 10.6 Å². The summed E-state index contributed by atoms with van der Waals surface area (Å²) in [7, 11) is 0. The summed E-state index contributed by atoms with van der Waals surface area (Å²) in [6, 6.07) is 18.4. The fraction of sp³-hybridized carbons (Fsp3) is 0.167. The molecule has 8 nitrogen and oxygen atoms in total. The Morgan fingerprint density at radius 3 is 2.21 bits per heavy atom. The van der Waals surface area contributed by atoms with Gasteiger partial charge in [0.2, 0.25) is 0 Å². The smallest absolute Gasteiger partial charge is 0.411 e. The summed E-state index contributed by atoms with van der Waals surface area (Å²) in [5.41, 5.74) is 3.75. The second-order valence-corrected chi connectivity index (χ2v) is 7.54. The lowest BCUT2D eigenvalue weighted by molar-refractivity contribution is -0.163. The van der Waals surface area contributed by atoms with Gasteiger partial charge in [0.25, 0.3) is 5.91 Å². The van der Waals surface area contributed by atoms with Gasteiger partial charge >= 0.3 is 18.0 Å². The van der Waals surface area contributed by atoms with Gasteiger partial charge in [0.05, 0.1) is 12.2 Å². The van der Waals surface area contributed by atoms with Crippen molar-refractivity contribution in [3.8, 4) is 11.1 Å². The van der Waals surface area contributed by atoms with Gasteiger partial charge in [-0.15, -0.1) is 0 Å². The number of rotatable bonds is 7. The molecule has 0 spiro atoms. The third kappa shape index (κ3) is 4.56. The molecule has 1 aliphatic rings. The topological polar surface area (TPSA) is 118 Å². The molecule has 3 N–H and O–H groups in total. The van der Waals surface area contributed by atoms with Crippen molar-refractivity contribution >= 4 is 23.7 Å². The van der Waals surface area contributed by atoms with Crippen molar-refractivity contribution in [2.24, 2.45) is 0 Å². The molecule has 4 rings (SSSR count). The van der Waals surface area contributed by atoms with Gasteiger partial charge in [-0.2, -0.15) is 8.78 Å². The normalized spacial score (nSPS) is 12.4. The zero-order valence-electron chi connectivity index (χ0n) is 17.6. The van der Waals surface area contributed by atoms with Gasteiger partial charge in [-0.05, 0) is 34.4 Å². The van der Waals surface area contributed by atoms with Crippen LogP contribution in [-0.2, 0) is 9.53 Å². The highest BCUT2D eigenvalue weighted by atomic mass is 19.3. The number of carboxylic acids is 1. The number of pyridine rings is 1. The number of aromatic nitrogens is 1. The number of benzene rings is 2. The number of anilines is 1. The SMILES string of the molecule is O=C(Nc1cccnc1C(=O)NCC(F)(F)C(=O)O)OCC1c2ccccc2-c2ccccc21. The van der Waals surface area contributed by atoms with Gasteiger partial charge < -0.3 is 15.2 Å². The maximum absolute atomic E-state index is 13.3. The standard InChI is InChI=1S/C24H19F2N3O5/c25-24(26,22(31)32)13-28-21(30)20-19(10-5-11-27-20)29-23(33)34-12-18-16-8-3-1-6-14(16)15-7-2-4-9-17(15)18/h1-11,18H,12-13H2,(H,28,30)(H,29,33)(H,31,32). The molecule has 0 saturated carbocycles. The number of nitrogens with one attached hydrogen (secondary N) is 2. The Hall–Kier alpha value is -4.34. The van der Waals surface area contributed by atoms with Gasteiger partial charge in [0.1, 0.15) is 6.61 Å². The van der Waals surface area contributed by atoms with Crippen molar-refractivity contribution in [3.05, 3.63) is 83.7 Å². The fourth-order valence-electron chi connectivity index (χ4n) is 3.78. The predicted octanol–water partition coefficient (Wildman–Crippen LogP) is 3.89. The number of aliphatic carboxylic acids is 1. The van der Waals surface area contributed by atoms with E-state index in [9.17, 15) is 23.2 Å². The van der Waals surface area contributed by atoms with E-state index in [0.717, 1.165) is 22.3 Å². The van der Waals surface area contributed by atoms with Gasteiger partial charge in [-0.25, -0.2) is 14.6 Å². The van der Waals surface area contributed by atoms with Crippen LogP contribution in [0.5, 0.6) is 0 Å². The molecular weight excluding hydrogens is 448 g/mol. The fourth-order valence-corrected chi connectivity index (χ4v) is 3.78. The van der Waals surface area contributed by atoms with E-state index in [1.54, 1.807) is 0 Å². The average molecular weight is 467 g/mol. The maximum Gasteiger partial charge on any atom is 0.411 e. The second kappa shape index (κ2) is 9.26. The van der Waals surface area contributed by atoms with E-state index in [4.69, 9.17) is 9.84 Å². The number of nitrogens with zero attached hydrogens (tertiary/aromatic N) is 1. The van der Waals surface area contributed by atoms with Crippen LogP contribution in [-0.4, -0.2) is 47.1 Å². The summed E-state index contributed by atoms with van der Waals surface area (Å²) in [6.45, 7) is -1.39. The Kier molecular flexibility index (Phi) is 6.22. The average Bonchev–Trinajstić information content (AvgIpc) is 3.15. The molecule has 174 valence electrons. The Bertz CT molecular complexity index is 1220.